The number of nitrogens with one attached hydrogen (secondary N) is 1. The second-order valence-electron chi connectivity index (χ2n) is 7.66. The predicted molar refractivity (Wildman–Crippen MR) is 104 cm³/mol. The van der Waals surface area contributed by atoms with Crippen molar-refractivity contribution in [1.82, 2.24) is 19.8 Å². The van der Waals surface area contributed by atoms with Gasteiger partial charge in [-0.05, 0) is 18.9 Å². The molecule has 3 atom stereocenters. The summed E-state index contributed by atoms with van der Waals surface area (Å²) >= 11 is 0. The normalized spacial score (nSPS) is 28.9. The lowest BCUT2D eigenvalue weighted by Gasteiger charge is -2.37. The Hall–Kier alpha value is -2.05. The van der Waals surface area contributed by atoms with Crippen LogP contribution in [0.15, 0.2) is 36.7 Å². The lowest BCUT2D eigenvalue weighted by Crippen LogP contribution is -2.50. The molecular formula is C20H25ClN4O2. The van der Waals surface area contributed by atoms with E-state index in [0.29, 0.717) is 6.61 Å². The first kappa shape index (κ1) is 18.3. The summed E-state index contributed by atoms with van der Waals surface area (Å²) in [7, 11) is 1.99. The summed E-state index contributed by atoms with van der Waals surface area (Å²) in [4.78, 5) is 20.0. The van der Waals surface area contributed by atoms with Gasteiger partial charge in [-0.2, -0.15) is 0 Å². The van der Waals surface area contributed by atoms with E-state index in [-0.39, 0.29) is 35.7 Å². The Balaban J connectivity index is 0.00000180. The Bertz CT molecular complexity index is 854. The zero-order chi connectivity index (χ0) is 17.7. The number of imidazole rings is 1. The van der Waals surface area contributed by atoms with Crippen LogP contribution in [0.25, 0.3) is 0 Å². The molecule has 1 saturated carbocycles. The molecule has 6 nitrogen and oxygen atoms in total. The number of hydrogen-bond acceptors (Lipinski definition) is 4. The summed E-state index contributed by atoms with van der Waals surface area (Å²) < 4.78 is 7.84. The van der Waals surface area contributed by atoms with E-state index >= 15 is 0 Å². The SMILES string of the molecule is Cl.Cn1ccnc1C1CNCCN1C(=O)C1CC12CCOc1ccccc12. The second kappa shape index (κ2) is 6.84. The maximum atomic E-state index is 13.5. The number of benzene rings is 1. The highest BCUT2D eigenvalue weighted by molar-refractivity contribution is 5.86. The highest BCUT2D eigenvalue weighted by Crippen LogP contribution is 2.61. The van der Waals surface area contributed by atoms with Gasteiger partial charge in [0.05, 0.1) is 6.61 Å². The van der Waals surface area contributed by atoms with E-state index in [4.69, 9.17) is 4.74 Å². The van der Waals surface area contributed by atoms with Crippen LogP contribution in [0.4, 0.5) is 0 Å². The average molecular weight is 389 g/mol. The highest BCUT2D eigenvalue weighted by Gasteiger charge is 2.62. The Kier molecular flexibility index (Phi) is 4.64. The molecule has 2 fully saturated rings. The minimum atomic E-state index is -0.0248. The van der Waals surface area contributed by atoms with Gasteiger partial charge in [0.25, 0.3) is 0 Å². The number of fused-ring (bicyclic) bond motifs is 2. The molecular weight excluding hydrogens is 364 g/mol. The van der Waals surface area contributed by atoms with Crippen LogP contribution in [-0.2, 0) is 17.3 Å². The third-order valence-electron chi connectivity index (χ3n) is 6.29. The van der Waals surface area contributed by atoms with Crippen molar-refractivity contribution < 1.29 is 9.53 Å². The minimum Gasteiger partial charge on any atom is -0.493 e. The average Bonchev–Trinajstić information content (AvgIpc) is 3.23. The maximum absolute atomic E-state index is 13.5. The van der Waals surface area contributed by atoms with Gasteiger partial charge in [0.1, 0.15) is 17.6 Å². The summed E-state index contributed by atoms with van der Waals surface area (Å²) in [6.07, 6.45) is 5.61. The topological polar surface area (TPSA) is 59.4 Å². The third kappa shape index (κ3) is 2.82. The molecule has 1 amide bonds. The molecule has 3 heterocycles. The van der Waals surface area contributed by atoms with Crippen molar-refractivity contribution in [2.45, 2.75) is 24.3 Å². The van der Waals surface area contributed by atoms with E-state index in [1.165, 1.54) is 5.56 Å². The van der Waals surface area contributed by atoms with Gasteiger partial charge in [0, 0.05) is 56.0 Å². The minimum absolute atomic E-state index is 0. The second-order valence-corrected chi connectivity index (χ2v) is 7.66. The van der Waals surface area contributed by atoms with Gasteiger partial charge in [-0.3, -0.25) is 4.79 Å². The van der Waals surface area contributed by atoms with Crippen LogP contribution in [0.1, 0.15) is 30.3 Å². The molecule has 3 aliphatic rings. The number of halogens is 1. The number of nitrogens with zero attached hydrogens (tertiary/aromatic N) is 3. The van der Waals surface area contributed by atoms with Crippen molar-refractivity contribution in [3.05, 3.63) is 48.0 Å². The fourth-order valence-corrected chi connectivity index (χ4v) is 4.78. The molecule has 1 N–H and O–H groups in total. The lowest BCUT2D eigenvalue weighted by atomic mass is 9.87. The number of amides is 1. The third-order valence-corrected chi connectivity index (χ3v) is 6.29. The van der Waals surface area contributed by atoms with Gasteiger partial charge in [0.15, 0.2) is 0 Å². The smallest absolute Gasteiger partial charge is 0.227 e. The Labute approximate surface area is 165 Å². The maximum Gasteiger partial charge on any atom is 0.227 e. The number of piperazine rings is 1. The molecule has 2 aliphatic heterocycles. The summed E-state index contributed by atoms with van der Waals surface area (Å²) in [5.41, 5.74) is 1.19. The molecule has 144 valence electrons. The quantitative estimate of drug-likeness (QED) is 0.855. The first-order valence-corrected chi connectivity index (χ1v) is 9.41. The molecule has 1 spiro atoms. The van der Waals surface area contributed by atoms with Gasteiger partial charge < -0.3 is 19.5 Å². The largest absolute Gasteiger partial charge is 0.493 e. The van der Waals surface area contributed by atoms with E-state index in [9.17, 15) is 4.79 Å². The van der Waals surface area contributed by atoms with E-state index < -0.39 is 0 Å². The number of rotatable bonds is 2. The van der Waals surface area contributed by atoms with Crippen molar-refractivity contribution in [3.8, 4) is 5.75 Å². The summed E-state index contributed by atoms with van der Waals surface area (Å²) in [6.45, 7) is 3.04. The van der Waals surface area contributed by atoms with Crippen LogP contribution in [0.3, 0.4) is 0 Å². The first-order chi connectivity index (χ1) is 12.7. The van der Waals surface area contributed by atoms with Crippen LogP contribution in [0.2, 0.25) is 0 Å². The van der Waals surface area contributed by atoms with Crippen molar-refractivity contribution in [3.63, 3.8) is 0 Å². The molecule has 7 heteroatoms. The van der Waals surface area contributed by atoms with Gasteiger partial charge in [0.2, 0.25) is 5.91 Å². The van der Waals surface area contributed by atoms with Crippen LogP contribution in [0.5, 0.6) is 5.75 Å². The number of carbonyl (C=O) groups is 1. The monoisotopic (exact) mass is 388 g/mol. The molecule has 1 aromatic heterocycles. The summed E-state index contributed by atoms with van der Waals surface area (Å²) in [6, 6.07) is 8.22. The standard InChI is InChI=1S/C20H24N4O2.ClH/c1-23-9-8-22-18(23)16-13-21-7-10-24(16)19(25)15-12-20(15)6-11-26-17-5-3-2-4-14(17)20;/h2-5,8-9,15-16,21H,6-7,10-13H2,1H3;1H. The molecule has 1 aromatic carbocycles. The van der Waals surface area contributed by atoms with Gasteiger partial charge in [-0.15, -0.1) is 12.4 Å². The predicted octanol–water partition coefficient (Wildman–Crippen LogP) is 2.06. The molecule has 2 aromatic rings. The van der Waals surface area contributed by atoms with Gasteiger partial charge in [-0.25, -0.2) is 4.98 Å². The van der Waals surface area contributed by atoms with Crippen molar-refractivity contribution in [1.29, 1.82) is 0 Å². The van der Waals surface area contributed by atoms with E-state index in [1.54, 1.807) is 6.20 Å². The lowest BCUT2D eigenvalue weighted by molar-refractivity contribution is -0.136. The number of para-hydroxylation sites is 1. The number of aromatic nitrogens is 2. The van der Waals surface area contributed by atoms with E-state index in [1.807, 2.05) is 29.9 Å². The number of hydrogen-bond donors (Lipinski definition) is 1. The first-order valence-electron chi connectivity index (χ1n) is 9.41. The zero-order valence-electron chi connectivity index (χ0n) is 15.4. The molecule has 5 rings (SSSR count). The zero-order valence-corrected chi connectivity index (χ0v) is 16.2. The molecule has 1 saturated heterocycles. The Morgan fingerprint density at radius 2 is 2.22 bits per heavy atom. The molecule has 0 bridgehead atoms. The molecule has 1 aliphatic carbocycles. The van der Waals surface area contributed by atoms with Crippen molar-refractivity contribution >= 4 is 18.3 Å². The molecule has 27 heavy (non-hydrogen) atoms. The van der Waals surface area contributed by atoms with E-state index in [2.05, 4.69) is 27.3 Å². The Morgan fingerprint density at radius 1 is 1.37 bits per heavy atom. The number of carbonyl (C=O) groups excluding carboxylic acids is 1. The summed E-state index contributed by atoms with van der Waals surface area (Å²) in [5, 5.41) is 3.41. The fourth-order valence-electron chi connectivity index (χ4n) is 4.78. The number of ether oxygens (including phenoxy) is 1. The summed E-state index contributed by atoms with van der Waals surface area (Å²) in [5.74, 6) is 2.24. The molecule has 0 radical (unpaired) electrons. The van der Waals surface area contributed by atoms with Crippen LogP contribution in [0, 0.1) is 5.92 Å². The van der Waals surface area contributed by atoms with E-state index in [0.717, 1.165) is 44.0 Å². The van der Waals surface area contributed by atoms with Crippen molar-refractivity contribution in [2.24, 2.45) is 13.0 Å². The highest BCUT2D eigenvalue weighted by atomic mass is 35.5. The van der Waals surface area contributed by atoms with Gasteiger partial charge >= 0.3 is 0 Å². The van der Waals surface area contributed by atoms with Crippen LogP contribution < -0.4 is 10.1 Å². The molecule has 3 unspecified atom stereocenters. The van der Waals surface area contributed by atoms with Crippen molar-refractivity contribution in [2.75, 3.05) is 26.2 Å². The fraction of sp³-hybridized carbons (Fsp3) is 0.500. The van der Waals surface area contributed by atoms with Gasteiger partial charge in [-0.1, -0.05) is 18.2 Å². The Morgan fingerprint density at radius 3 is 3.04 bits per heavy atom. The number of aryl methyl sites for hydroxylation is 1. The van der Waals surface area contributed by atoms with Crippen LogP contribution >= 0.6 is 12.4 Å². The van der Waals surface area contributed by atoms with Crippen LogP contribution in [-0.4, -0.2) is 46.6 Å².